The summed E-state index contributed by atoms with van der Waals surface area (Å²) in [5.41, 5.74) is 1.72. The van der Waals surface area contributed by atoms with Crippen LogP contribution in [0.1, 0.15) is 5.69 Å². The van der Waals surface area contributed by atoms with Crippen molar-refractivity contribution in [3.8, 4) is 5.69 Å². The molecular formula is C22H16N4O4S. The van der Waals surface area contributed by atoms with Gasteiger partial charge in [-0.2, -0.15) is 0 Å². The topological polar surface area (TPSA) is 88.7 Å². The molecule has 0 spiro atoms. The van der Waals surface area contributed by atoms with Crippen molar-refractivity contribution in [1.29, 1.82) is 0 Å². The Kier molecular flexibility index (Phi) is 5.18. The van der Waals surface area contributed by atoms with E-state index in [9.17, 15) is 19.7 Å². The molecule has 1 aliphatic heterocycles. The summed E-state index contributed by atoms with van der Waals surface area (Å²) in [6.45, 7) is 0. The number of rotatable bonds is 4. The van der Waals surface area contributed by atoms with Crippen molar-refractivity contribution in [3.05, 3.63) is 94.3 Å². The number of likely N-dealkylation sites (N-methyl/N-ethyl adjacent to an activating group) is 1. The van der Waals surface area contributed by atoms with Crippen LogP contribution in [0.3, 0.4) is 0 Å². The first-order valence-electron chi connectivity index (χ1n) is 9.24. The zero-order chi connectivity index (χ0) is 22.1. The number of non-ortho nitro benzene ring substituents is 1. The molecule has 1 aliphatic rings. The molecule has 2 heterocycles. The van der Waals surface area contributed by atoms with Gasteiger partial charge < -0.3 is 4.57 Å². The number of hydrogen-bond acceptors (Lipinski definition) is 5. The Morgan fingerprint density at radius 3 is 2.23 bits per heavy atom. The van der Waals surface area contributed by atoms with Crippen molar-refractivity contribution in [2.24, 2.45) is 0 Å². The largest absolute Gasteiger partial charge is 0.317 e. The van der Waals surface area contributed by atoms with Crippen LogP contribution in [0.2, 0.25) is 0 Å². The molecule has 1 saturated heterocycles. The minimum absolute atomic E-state index is 0.0258. The Labute approximate surface area is 182 Å². The second-order valence-corrected chi connectivity index (χ2v) is 7.12. The van der Waals surface area contributed by atoms with E-state index in [0.717, 1.165) is 0 Å². The van der Waals surface area contributed by atoms with Gasteiger partial charge in [-0.15, -0.1) is 0 Å². The van der Waals surface area contributed by atoms with Gasteiger partial charge in [0, 0.05) is 36.8 Å². The molecule has 0 radical (unpaired) electrons. The van der Waals surface area contributed by atoms with Crippen molar-refractivity contribution in [1.82, 2.24) is 9.47 Å². The van der Waals surface area contributed by atoms with Gasteiger partial charge in [0.2, 0.25) is 0 Å². The second-order valence-electron chi connectivity index (χ2n) is 6.76. The zero-order valence-corrected chi connectivity index (χ0v) is 17.2. The van der Waals surface area contributed by atoms with Crippen molar-refractivity contribution in [3.63, 3.8) is 0 Å². The number of para-hydroxylation sites is 1. The lowest BCUT2D eigenvalue weighted by Crippen LogP contribution is -2.54. The van der Waals surface area contributed by atoms with E-state index in [4.69, 9.17) is 12.2 Å². The molecule has 0 saturated carbocycles. The Morgan fingerprint density at radius 1 is 0.903 bits per heavy atom. The number of carbonyl (C=O) groups excluding carboxylic acids is 2. The fourth-order valence-electron chi connectivity index (χ4n) is 3.27. The standard InChI is InChI=1S/C22H16N4O4S/c1-23-20(27)19(21(28)25(22(23)31)16-6-3-2-4-7-16)14-18-8-5-13-24(18)15-9-11-17(12-10-15)26(29)30/h2-14H,1H3/b19-14-. The molecule has 2 aromatic carbocycles. The quantitative estimate of drug-likeness (QED) is 0.207. The van der Waals surface area contributed by atoms with Crippen LogP contribution in [0, 0.1) is 10.1 Å². The average molecular weight is 432 g/mol. The van der Waals surface area contributed by atoms with E-state index in [-0.39, 0.29) is 16.4 Å². The monoisotopic (exact) mass is 432 g/mol. The predicted octanol–water partition coefficient (Wildman–Crippen LogP) is 3.56. The first kappa shape index (κ1) is 20.2. The van der Waals surface area contributed by atoms with E-state index in [1.165, 1.54) is 35.1 Å². The molecule has 3 aromatic rings. The molecule has 1 aromatic heterocycles. The van der Waals surface area contributed by atoms with E-state index < -0.39 is 16.7 Å². The summed E-state index contributed by atoms with van der Waals surface area (Å²) in [5, 5.41) is 11.0. The molecule has 9 heteroatoms. The molecule has 0 N–H and O–H groups in total. The van der Waals surface area contributed by atoms with Gasteiger partial charge in [-0.1, -0.05) is 18.2 Å². The Hall–Kier alpha value is -4.11. The normalized spacial score (nSPS) is 15.6. The van der Waals surface area contributed by atoms with E-state index >= 15 is 0 Å². The van der Waals surface area contributed by atoms with Gasteiger partial charge in [-0.3, -0.25) is 29.5 Å². The van der Waals surface area contributed by atoms with Crippen molar-refractivity contribution in [2.45, 2.75) is 0 Å². The first-order valence-corrected chi connectivity index (χ1v) is 9.64. The summed E-state index contributed by atoms with van der Waals surface area (Å²) >= 11 is 5.35. The molecule has 0 bridgehead atoms. The highest BCUT2D eigenvalue weighted by molar-refractivity contribution is 7.80. The number of benzene rings is 2. The molecule has 31 heavy (non-hydrogen) atoms. The van der Waals surface area contributed by atoms with Crippen molar-refractivity contribution < 1.29 is 14.5 Å². The van der Waals surface area contributed by atoms with Crippen LogP contribution in [0.4, 0.5) is 11.4 Å². The summed E-state index contributed by atoms with van der Waals surface area (Å²) in [7, 11) is 1.52. The van der Waals surface area contributed by atoms with Gasteiger partial charge in [-0.05, 0) is 54.7 Å². The highest BCUT2D eigenvalue weighted by Crippen LogP contribution is 2.26. The van der Waals surface area contributed by atoms with E-state index in [1.54, 1.807) is 59.3 Å². The third-order valence-corrected chi connectivity index (χ3v) is 5.33. The van der Waals surface area contributed by atoms with Crippen LogP contribution in [0.5, 0.6) is 0 Å². The molecule has 4 rings (SSSR count). The van der Waals surface area contributed by atoms with Crippen molar-refractivity contribution in [2.75, 3.05) is 11.9 Å². The summed E-state index contributed by atoms with van der Waals surface area (Å²) in [5.74, 6) is -1.02. The minimum Gasteiger partial charge on any atom is -0.317 e. The Morgan fingerprint density at radius 2 is 1.58 bits per heavy atom. The highest BCUT2D eigenvalue weighted by Gasteiger charge is 2.38. The van der Waals surface area contributed by atoms with Gasteiger partial charge in [-0.25, -0.2) is 0 Å². The Bertz CT molecular complexity index is 1230. The number of thiocarbonyl (C=S) groups is 1. The Balaban J connectivity index is 1.75. The minimum atomic E-state index is -0.518. The number of hydrogen-bond donors (Lipinski definition) is 0. The van der Waals surface area contributed by atoms with E-state index in [1.807, 2.05) is 6.07 Å². The second kappa shape index (κ2) is 7.96. The van der Waals surface area contributed by atoms with Crippen LogP contribution in [0.25, 0.3) is 11.8 Å². The number of nitrogens with zero attached hydrogens (tertiary/aromatic N) is 4. The summed E-state index contributed by atoms with van der Waals surface area (Å²) < 4.78 is 1.73. The van der Waals surface area contributed by atoms with Gasteiger partial charge in [0.05, 0.1) is 10.6 Å². The summed E-state index contributed by atoms with van der Waals surface area (Å²) in [6.07, 6.45) is 3.24. The summed E-state index contributed by atoms with van der Waals surface area (Å²) in [4.78, 5) is 39.1. The van der Waals surface area contributed by atoms with Gasteiger partial charge in [0.25, 0.3) is 17.5 Å². The number of nitro benzene ring substituents is 1. The molecule has 1 fully saturated rings. The maximum absolute atomic E-state index is 13.2. The lowest BCUT2D eigenvalue weighted by molar-refractivity contribution is -0.384. The number of nitro groups is 1. The summed E-state index contributed by atoms with van der Waals surface area (Å²) in [6, 6.07) is 18.4. The number of amides is 2. The third kappa shape index (κ3) is 3.62. The van der Waals surface area contributed by atoms with Crippen LogP contribution < -0.4 is 4.90 Å². The maximum Gasteiger partial charge on any atom is 0.270 e. The zero-order valence-electron chi connectivity index (χ0n) is 16.3. The molecular weight excluding hydrogens is 416 g/mol. The molecule has 0 unspecified atom stereocenters. The smallest absolute Gasteiger partial charge is 0.270 e. The fraction of sp³-hybridized carbons (Fsp3) is 0.0455. The van der Waals surface area contributed by atoms with Crippen molar-refractivity contribution >= 4 is 46.6 Å². The number of aromatic nitrogens is 1. The van der Waals surface area contributed by atoms with Crippen LogP contribution >= 0.6 is 12.2 Å². The SMILES string of the molecule is CN1C(=O)/C(=C/c2cccn2-c2ccc([N+](=O)[O-])cc2)C(=O)N(c2ccccc2)C1=S. The molecule has 8 nitrogen and oxygen atoms in total. The van der Waals surface area contributed by atoms with E-state index in [0.29, 0.717) is 17.1 Å². The molecule has 0 atom stereocenters. The van der Waals surface area contributed by atoms with Gasteiger partial charge in [0.15, 0.2) is 5.11 Å². The maximum atomic E-state index is 13.2. The lowest BCUT2D eigenvalue weighted by Gasteiger charge is -2.34. The predicted molar refractivity (Wildman–Crippen MR) is 120 cm³/mol. The third-order valence-electron chi connectivity index (χ3n) is 4.87. The number of anilines is 1. The van der Waals surface area contributed by atoms with Gasteiger partial charge in [0.1, 0.15) is 5.57 Å². The fourth-order valence-corrected chi connectivity index (χ4v) is 3.55. The lowest BCUT2D eigenvalue weighted by atomic mass is 10.1. The van der Waals surface area contributed by atoms with Gasteiger partial charge >= 0.3 is 0 Å². The van der Waals surface area contributed by atoms with Crippen LogP contribution in [0.15, 0.2) is 78.5 Å². The van der Waals surface area contributed by atoms with Crippen LogP contribution in [-0.4, -0.2) is 38.4 Å². The number of carbonyl (C=O) groups is 2. The average Bonchev–Trinajstić information content (AvgIpc) is 3.24. The molecule has 154 valence electrons. The van der Waals surface area contributed by atoms with E-state index in [2.05, 4.69) is 0 Å². The first-order chi connectivity index (χ1) is 14.9. The highest BCUT2D eigenvalue weighted by atomic mass is 32.1. The van der Waals surface area contributed by atoms with Crippen LogP contribution in [-0.2, 0) is 9.59 Å². The molecule has 0 aliphatic carbocycles. The molecule has 2 amide bonds.